The molecule has 0 unspecified atom stereocenters. The van der Waals surface area contributed by atoms with Crippen molar-refractivity contribution >= 4 is 22.4 Å². The second-order valence-corrected chi connectivity index (χ2v) is 8.22. The second kappa shape index (κ2) is 6.40. The standard InChI is InChI=1S/C18H23N3OS/c1-18(2,3)14-9-4-12(5-10-14)6-11-15(22)19-17-21-20-16(23-17)13-7-8-13/h4-5,9-10,13H,6-8,11H2,1-3H3,(H,19,21,22). The Labute approximate surface area is 141 Å². The zero-order valence-corrected chi connectivity index (χ0v) is 14.7. The largest absolute Gasteiger partial charge is 0.301 e. The van der Waals surface area contributed by atoms with Crippen LogP contribution in [0.5, 0.6) is 0 Å². The molecule has 122 valence electrons. The molecular formula is C18H23N3OS. The number of amides is 1. The van der Waals surface area contributed by atoms with Crippen molar-refractivity contribution in [3.05, 3.63) is 40.4 Å². The van der Waals surface area contributed by atoms with Crippen molar-refractivity contribution in [3.63, 3.8) is 0 Å². The highest BCUT2D eigenvalue weighted by atomic mass is 32.1. The summed E-state index contributed by atoms with van der Waals surface area (Å²) in [5.41, 5.74) is 2.66. The number of benzene rings is 1. The molecule has 3 rings (SSSR count). The molecule has 1 aliphatic rings. The van der Waals surface area contributed by atoms with Crippen molar-refractivity contribution in [1.29, 1.82) is 0 Å². The van der Waals surface area contributed by atoms with Crippen molar-refractivity contribution in [2.45, 2.75) is 57.8 Å². The topological polar surface area (TPSA) is 54.9 Å². The van der Waals surface area contributed by atoms with Crippen LogP contribution < -0.4 is 5.32 Å². The minimum Gasteiger partial charge on any atom is -0.301 e. The van der Waals surface area contributed by atoms with Crippen LogP contribution in [0.4, 0.5) is 5.13 Å². The lowest BCUT2D eigenvalue weighted by molar-refractivity contribution is -0.116. The van der Waals surface area contributed by atoms with Crippen LogP contribution in [-0.2, 0) is 16.6 Å². The first kappa shape index (κ1) is 16.1. The Bertz CT molecular complexity index is 681. The molecule has 0 bridgehead atoms. The summed E-state index contributed by atoms with van der Waals surface area (Å²) in [6, 6.07) is 8.54. The van der Waals surface area contributed by atoms with Gasteiger partial charge in [-0.05, 0) is 35.8 Å². The van der Waals surface area contributed by atoms with Gasteiger partial charge in [-0.2, -0.15) is 0 Å². The quantitative estimate of drug-likeness (QED) is 0.890. The van der Waals surface area contributed by atoms with Crippen molar-refractivity contribution in [2.24, 2.45) is 0 Å². The number of aromatic nitrogens is 2. The normalized spacial score (nSPS) is 14.7. The van der Waals surface area contributed by atoms with Gasteiger partial charge in [0, 0.05) is 12.3 Å². The molecule has 1 aromatic carbocycles. The van der Waals surface area contributed by atoms with Crippen LogP contribution in [0.1, 0.15) is 62.1 Å². The van der Waals surface area contributed by atoms with Gasteiger partial charge in [-0.15, -0.1) is 10.2 Å². The molecule has 5 heteroatoms. The van der Waals surface area contributed by atoms with Gasteiger partial charge in [0.25, 0.3) is 0 Å². The predicted octanol–water partition coefficient (Wildman–Crippen LogP) is 4.28. The summed E-state index contributed by atoms with van der Waals surface area (Å²) in [5.74, 6) is 0.586. The summed E-state index contributed by atoms with van der Waals surface area (Å²) < 4.78 is 0. The van der Waals surface area contributed by atoms with Gasteiger partial charge >= 0.3 is 0 Å². The van der Waals surface area contributed by atoms with Crippen LogP contribution in [0, 0.1) is 0 Å². The molecule has 1 N–H and O–H groups in total. The van der Waals surface area contributed by atoms with Crippen molar-refractivity contribution in [3.8, 4) is 0 Å². The Balaban J connectivity index is 1.50. The first-order valence-corrected chi connectivity index (χ1v) is 8.96. The number of hydrogen-bond acceptors (Lipinski definition) is 4. The maximum Gasteiger partial charge on any atom is 0.226 e. The number of rotatable bonds is 5. The van der Waals surface area contributed by atoms with Gasteiger partial charge in [0.15, 0.2) is 0 Å². The monoisotopic (exact) mass is 329 g/mol. The van der Waals surface area contributed by atoms with Crippen LogP contribution in [0.25, 0.3) is 0 Å². The highest BCUT2D eigenvalue weighted by Gasteiger charge is 2.27. The highest BCUT2D eigenvalue weighted by molar-refractivity contribution is 7.15. The van der Waals surface area contributed by atoms with E-state index in [0.717, 1.165) is 11.4 Å². The van der Waals surface area contributed by atoms with Crippen molar-refractivity contribution < 1.29 is 4.79 Å². The van der Waals surface area contributed by atoms with E-state index < -0.39 is 0 Å². The average Bonchev–Trinajstić information content (AvgIpc) is 3.25. The summed E-state index contributed by atoms with van der Waals surface area (Å²) in [6.07, 6.45) is 3.61. The summed E-state index contributed by atoms with van der Waals surface area (Å²) in [6.45, 7) is 6.61. The number of nitrogens with zero attached hydrogens (tertiary/aromatic N) is 2. The molecule has 0 saturated heterocycles. The van der Waals surface area contributed by atoms with Gasteiger partial charge < -0.3 is 5.32 Å². The van der Waals surface area contributed by atoms with Crippen LogP contribution in [0.2, 0.25) is 0 Å². The highest BCUT2D eigenvalue weighted by Crippen LogP contribution is 2.42. The van der Waals surface area contributed by atoms with Crippen LogP contribution in [0.3, 0.4) is 0 Å². The van der Waals surface area contributed by atoms with E-state index >= 15 is 0 Å². The van der Waals surface area contributed by atoms with Crippen LogP contribution >= 0.6 is 11.3 Å². The van der Waals surface area contributed by atoms with E-state index in [-0.39, 0.29) is 11.3 Å². The van der Waals surface area contributed by atoms with Gasteiger partial charge in [0.1, 0.15) is 5.01 Å². The maximum absolute atomic E-state index is 12.0. The summed E-state index contributed by atoms with van der Waals surface area (Å²) in [4.78, 5) is 12.0. The Morgan fingerprint density at radius 1 is 1.22 bits per heavy atom. The van der Waals surface area contributed by atoms with Gasteiger partial charge in [-0.1, -0.05) is 56.4 Å². The molecule has 0 atom stereocenters. The van der Waals surface area contributed by atoms with Crippen LogP contribution in [-0.4, -0.2) is 16.1 Å². The molecule has 2 aromatic rings. The average molecular weight is 329 g/mol. The molecule has 1 fully saturated rings. The Hall–Kier alpha value is -1.75. The number of nitrogens with one attached hydrogen (secondary N) is 1. The minimum atomic E-state index is 0.00314. The van der Waals surface area contributed by atoms with E-state index in [1.807, 2.05) is 0 Å². The van der Waals surface area contributed by atoms with E-state index in [9.17, 15) is 4.79 Å². The third-order valence-corrected chi connectivity index (χ3v) is 5.08. The molecule has 1 aliphatic carbocycles. The second-order valence-electron chi connectivity index (χ2n) is 7.21. The number of carbonyl (C=O) groups excluding carboxylic acids is 1. The van der Waals surface area contributed by atoms with Crippen molar-refractivity contribution in [2.75, 3.05) is 5.32 Å². The van der Waals surface area contributed by atoms with E-state index in [4.69, 9.17) is 0 Å². The lowest BCUT2D eigenvalue weighted by atomic mass is 9.86. The summed E-state index contributed by atoms with van der Waals surface area (Å²) >= 11 is 1.50. The van der Waals surface area contributed by atoms with E-state index in [1.54, 1.807) is 0 Å². The van der Waals surface area contributed by atoms with Crippen molar-refractivity contribution in [1.82, 2.24) is 10.2 Å². The minimum absolute atomic E-state index is 0.00314. The Morgan fingerprint density at radius 2 is 1.91 bits per heavy atom. The summed E-state index contributed by atoms with van der Waals surface area (Å²) in [7, 11) is 0. The molecule has 23 heavy (non-hydrogen) atoms. The lowest BCUT2D eigenvalue weighted by Gasteiger charge is -2.19. The zero-order chi connectivity index (χ0) is 16.4. The number of aryl methyl sites for hydroxylation is 1. The van der Waals surface area contributed by atoms with Gasteiger partial charge in [0.2, 0.25) is 11.0 Å². The third kappa shape index (κ3) is 4.38. The Morgan fingerprint density at radius 3 is 2.52 bits per heavy atom. The van der Waals surface area contributed by atoms with E-state index in [2.05, 4.69) is 60.6 Å². The zero-order valence-electron chi connectivity index (χ0n) is 13.9. The third-order valence-electron chi connectivity index (χ3n) is 4.07. The fraction of sp³-hybridized carbons (Fsp3) is 0.500. The molecule has 0 aliphatic heterocycles. The fourth-order valence-electron chi connectivity index (χ4n) is 2.39. The number of anilines is 1. The first-order valence-electron chi connectivity index (χ1n) is 8.14. The Kier molecular flexibility index (Phi) is 4.48. The number of hydrogen-bond donors (Lipinski definition) is 1. The molecule has 4 nitrogen and oxygen atoms in total. The van der Waals surface area contributed by atoms with E-state index in [1.165, 1.54) is 35.3 Å². The summed E-state index contributed by atoms with van der Waals surface area (Å²) in [5, 5.41) is 12.7. The fourth-order valence-corrected chi connectivity index (χ4v) is 3.32. The predicted molar refractivity (Wildman–Crippen MR) is 94.0 cm³/mol. The first-order chi connectivity index (χ1) is 10.9. The molecular weight excluding hydrogens is 306 g/mol. The SMILES string of the molecule is CC(C)(C)c1ccc(CCC(=O)Nc2nnc(C3CC3)s2)cc1. The van der Waals surface area contributed by atoms with Gasteiger partial charge in [0.05, 0.1) is 0 Å². The molecule has 1 saturated carbocycles. The van der Waals surface area contributed by atoms with Crippen LogP contribution in [0.15, 0.2) is 24.3 Å². The van der Waals surface area contributed by atoms with E-state index in [0.29, 0.717) is 17.5 Å². The van der Waals surface area contributed by atoms with Gasteiger partial charge in [-0.25, -0.2) is 0 Å². The lowest BCUT2D eigenvalue weighted by Crippen LogP contribution is -2.13. The van der Waals surface area contributed by atoms with Gasteiger partial charge in [-0.3, -0.25) is 4.79 Å². The number of carbonyl (C=O) groups is 1. The molecule has 1 amide bonds. The smallest absolute Gasteiger partial charge is 0.226 e. The molecule has 1 heterocycles. The molecule has 0 spiro atoms. The molecule has 1 aromatic heterocycles. The maximum atomic E-state index is 12.0. The molecule has 0 radical (unpaired) electrons.